The van der Waals surface area contributed by atoms with Crippen molar-refractivity contribution >= 4 is 18.4 Å². The molecule has 0 spiro atoms. The summed E-state index contributed by atoms with van der Waals surface area (Å²) in [6.45, 7) is 4.45. The smallest absolute Gasteiger partial charge is 0.323 e. The van der Waals surface area contributed by atoms with Crippen LogP contribution >= 0.6 is 12.4 Å². The molecule has 0 aromatic carbocycles. The molecule has 3 rings (SSSR count). The molecule has 4 nitrogen and oxygen atoms in total. The van der Waals surface area contributed by atoms with Crippen molar-refractivity contribution in [1.82, 2.24) is 10.2 Å². The van der Waals surface area contributed by atoms with Crippen molar-refractivity contribution in [1.29, 1.82) is 0 Å². The Morgan fingerprint density at radius 3 is 2.85 bits per heavy atom. The molecular weight excluding hydrogens is 276 g/mol. The summed E-state index contributed by atoms with van der Waals surface area (Å²) in [6, 6.07) is 0.0411. The summed E-state index contributed by atoms with van der Waals surface area (Å²) in [7, 11) is 1.53. The number of esters is 1. The van der Waals surface area contributed by atoms with Gasteiger partial charge in [-0.1, -0.05) is 6.42 Å². The van der Waals surface area contributed by atoms with Gasteiger partial charge in [0.15, 0.2) is 0 Å². The van der Waals surface area contributed by atoms with Crippen LogP contribution in [0.15, 0.2) is 0 Å². The molecule has 2 aliphatic heterocycles. The molecule has 2 saturated heterocycles. The van der Waals surface area contributed by atoms with Gasteiger partial charge in [0, 0.05) is 13.1 Å². The van der Waals surface area contributed by atoms with E-state index in [1.165, 1.54) is 39.2 Å². The van der Waals surface area contributed by atoms with E-state index in [-0.39, 0.29) is 24.4 Å². The molecule has 3 aliphatic rings. The van der Waals surface area contributed by atoms with Crippen LogP contribution in [0.2, 0.25) is 0 Å². The second kappa shape index (κ2) is 7.10. The zero-order chi connectivity index (χ0) is 13.2. The van der Waals surface area contributed by atoms with Crippen molar-refractivity contribution in [3.8, 4) is 0 Å². The van der Waals surface area contributed by atoms with Gasteiger partial charge in [0.05, 0.1) is 7.11 Å². The van der Waals surface area contributed by atoms with E-state index in [9.17, 15) is 4.79 Å². The number of hydrogen-bond acceptors (Lipinski definition) is 4. The maximum atomic E-state index is 12.1. The molecule has 0 radical (unpaired) electrons. The van der Waals surface area contributed by atoms with Gasteiger partial charge < -0.3 is 10.1 Å². The summed E-state index contributed by atoms with van der Waals surface area (Å²) in [5.41, 5.74) is 0. The highest BCUT2D eigenvalue weighted by Crippen LogP contribution is 2.42. The van der Waals surface area contributed by atoms with E-state index in [2.05, 4.69) is 10.2 Å². The average Bonchev–Trinajstić information content (AvgIpc) is 2.99. The quantitative estimate of drug-likeness (QED) is 0.806. The van der Waals surface area contributed by atoms with E-state index >= 15 is 0 Å². The highest BCUT2D eigenvalue weighted by Gasteiger charge is 2.48. The third-order valence-corrected chi connectivity index (χ3v) is 5.32. The molecule has 5 heteroatoms. The standard InChI is InChI=1S/C15H26N2O2.ClH/c1-19-15(18)14-13-6-2-5-12(13)10-17(14)9-11-4-3-7-16-8-11;/h11-14,16H,2-10H2,1H3;1H. The minimum Gasteiger partial charge on any atom is -0.468 e. The number of likely N-dealkylation sites (tertiary alicyclic amines) is 1. The van der Waals surface area contributed by atoms with E-state index in [0.717, 1.165) is 32.1 Å². The van der Waals surface area contributed by atoms with E-state index in [0.29, 0.717) is 11.8 Å². The predicted octanol–water partition coefficient (Wildman–Crippen LogP) is 1.68. The van der Waals surface area contributed by atoms with Gasteiger partial charge >= 0.3 is 5.97 Å². The van der Waals surface area contributed by atoms with Crippen LogP contribution in [-0.2, 0) is 9.53 Å². The largest absolute Gasteiger partial charge is 0.468 e. The van der Waals surface area contributed by atoms with Gasteiger partial charge in [-0.15, -0.1) is 12.4 Å². The normalized spacial score (nSPS) is 37.2. The Morgan fingerprint density at radius 1 is 1.30 bits per heavy atom. The van der Waals surface area contributed by atoms with Gasteiger partial charge in [-0.25, -0.2) is 0 Å². The lowest BCUT2D eigenvalue weighted by Crippen LogP contribution is -2.45. The van der Waals surface area contributed by atoms with Crippen LogP contribution in [0, 0.1) is 17.8 Å². The molecule has 4 atom stereocenters. The van der Waals surface area contributed by atoms with Crippen LogP contribution in [0.25, 0.3) is 0 Å². The molecule has 1 saturated carbocycles. The van der Waals surface area contributed by atoms with E-state index in [4.69, 9.17) is 4.74 Å². The minimum absolute atomic E-state index is 0. The molecular formula is C15H27ClN2O2. The van der Waals surface area contributed by atoms with Gasteiger partial charge in [-0.05, 0) is 56.5 Å². The topological polar surface area (TPSA) is 41.6 Å². The number of hydrogen-bond donors (Lipinski definition) is 1. The number of carbonyl (C=O) groups excluding carboxylic acids is 1. The van der Waals surface area contributed by atoms with Gasteiger partial charge in [0.1, 0.15) is 6.04 Å². The summed E-state index contributed by atoms with van der Waals surface area (Å²) < 4.78 is 5.07. The van der Waals surface area contributed by atoms with Gasteiger partial charge in [0.25, 0.3) is 0 Å². The van der Waals surface area contributed by atoms with Crippen molar-refractivity contribution in [3.05, 3.63) is 0 Å². The molecule has 0 amide bonds. The molecule has 20 heavy (non-hydrogen) atoms. The number of halogens is 1. The molecule has 4 unspecified atom stereocenters. The van der Waals surface area contributed by atoms with Crippen molar-refractivity contribution < 1.29 is 9.53 Å². The summed E-state index contributed by atoms with van der Waals surface area (Å²) in [6.07, 6.45) is 6.38. The predicted molar refractivity (Wildman–Crippen MR) is 81.0 cm³/mol. The average molecular weight is 303 g/mol. The van der Waals surface area contributed by atoms with Crippen LogP contribution in [0.5, 0.6) is 0 Å². The number of methoxy groups -OCH3 is 1. The molecule has 2 heterocycles. The first-order valence-electron chi connectivity index (χ1n) is 7.82. The first kappa shape index (κ1) is 16.1. The van der Waals surface area contributed by atoms with Crippen molar-refractivity contribution in [3.63, 3.8) is 0 Å². The maximum Gasteiger partial charge on any atom is 0.323 e. The van der Waals surface area contributed by atoms with Crippen molar-refractivity contribution in [2.24, 2.45) is 17.8 Å². The Labute approximate surface area is 128 Å². The first-order valence-corrected chi connectivity index (χ1v) is 7.82. The third kappa shape index (κ3) is 3.12. The second-order valence-electron chi connectivity index (χ2n) is 6.49. The number of piperidine rings is 1. The summed E-state index contributed by atoms with van der Waals surface area (Å²) >= 11 is 0. The van der Waals surface area contributed by atoms with Crippen LogP contribution in [-0.4, -0.2) is 50.2 Å². The fourth-order valence-corrected chi connectivity index (χ4v) is 4.44. The Balaban J connectivity index is 0.00000147. The Hall–Kier alpha value is -0.320. The second-order valence-corrected chi connectivity index (χ2v) is 6.49. The van der Waals surface area contributed by atoms with E-state index < -0.39 is 0 Å². The number of ether oxygens (including phenoxy) is 1. The molecule has 0 aromatic rings. The third-order valence-electron chi connectivity index (χ3n) is 5.32. The summed E-state index contributed by atoms with van der Waals surface area (Å²) in [5.74, 6) is 2.00. The van der Waals surface area contributed by atoms with Gasteiger partial charge in [-0.2, -0.15) is 0 Å². The number of fused-ring (bicyclic) bond motifs is 1. The monoisotopic (exact) mass is 302 g/mol. The first-order chi connectivity index (χ1) is 9.29. The lowest BCUT2D eigenvalue weighted by molar-refractivity contribution is -0.147. The maximum absolute atomic E-state index is 12.1. The van der Waals surface area contributed by atoms with Crippen LogP contribution in [0.1, 0.15) is 32.1 Å². The number of nitrogens with one attached hydrogen (secondary N) is 1. The van der Waals surface area contributed by atoms with Crippen molar-refractivity contribution in [2.75, 3.05) is 33.3 Å². The van der Waals surface area contributed by atoms with Crippen molar-refractivity contribution in [2.45, 2.75) is 38.1 Å². The molecule has 116 valence electrons. The molecule has 1 aliphatic carbocycles. The number of rotatable bonds is 3. The zero-order valence-corrected chi connectivity index (χ0v) is 13.2. The van der Waals surface area contributed by atoms with E-state index in [1.54, 1.807) is 0 Å². The summed E-state index contributed by atoms with van der Waals surface area (Å²) in [5, 5.41) is 3.47. The minimum atomic E-state index is -0.00170. The lowest BCUT2D eigenvalue weighted by Gasteiger charge is -2.31. The van der Waals surface area contributed by atoms with Crippen LogP contribution in [0.4, 0.5) is 0 Å². The molecule has 1 N–H and O–H groups in total. The Kier molecular flexibility index (Phi) is 5.70. The van der Waals surface area contributed by atoms with Crippen LogP contribution < -0.4 is 5.32 Å². The van der Waals surface area contributed by atoms with Gasteiger partial charge in [0.2, 0.25) is 0 Å². The fraction of sp³-hybridized carbons (Fsp3) is 0.933. The van der Waals surface area contributed by atoms with Crippen LogP contribution in [0.3, 0.4) is 0 Å². The highest BCUT2D eigenvalue weighted by molar-refractivity contribution is 5.85. The number of nitrogens with zero attached hydrogens (tertiary/aromatic N) is 1. The summed E-state index contributed by atoms with van der Waals surface area (Å²) in [4.78, 5) is 14.6. The molecule has 0 bridgehead atoms. The van der Waals surface area contributed by atoms with E-state index in [1.807, 2.05) is 0 Å². The Morgan fingerprint density at radius 2 is 2.15 bits per heavy atom. The SMILES string of the molecule is COC(=O)C1C2CCCC2CN1CC1CCCNC1.Cl. The number of carbonyl (C=O) groups is 1. The Bertz CT molecular complexity index is 334. The van der Waals surface area contributed by atoms with Gasteiger partial charge in [-0.3, -0.25) is 9.69 Å². The highest BCUT2D eigenvalue weighted by atomic mass is 35.5. The zero-order valence-electron chi connectivity index (χ0n) is 12.3. The fourth-order valence-electron chi connectivity index (χ4n) is 4.44. The molecule has 0 aromatic heterocycles. The lowest BCUT2D eigenvalue weighted by atomic mass is 9.93. The molecule has 3 fully saturated rings.